The summed E-state index contributed by atoms with van der Waals surface area (Å²) in [5.41, 5.74) is -0.578. The molecule has 1 aliphatic carbocycles. The fraction of sp³-hybridized carbons (Fsp3) is 0.857. The topological polar surface area (TPSA) is 57.6 Å². The molecule has 2 aliphatic rings. The summed E-state index contributed by atoms with van der Waals surface area (Å²) in [5.74, 6) is -0.190. The first-order valence-electron chi connectivity index (χ1n) is 7.11. The Morgan fingerprint density at radius 1 is 1.28 bits per heavy atom. The third-order valence-corrected chi connectivity index (χ3v) is 4.67. The maximum atomic E-state index is 12.1. The molecule has 2 rings (SSSR count). The molecule has 1 heterocycles. The second kappa shape index (κ2) is 5.29. The molecule has 0 atom stereocenters. The summed E-state index contributed by atoms with van der Waals surface area (Å²) in [4.78, 5) is 25.4. The van der Waals surface area contributed by atoms with Gasteiger partial charge in [-0.3, -0.25) is 9.59 Å². The highest BCUT2D eigenvalue weighted by molar-refractivity contribution is 5.80. The van der Waals surface area contributed by atoms with Gasteiger partial charge in [0.2, 0.25) is 5.91 Å². The Kier molecular flexibility index (Phi) is 3.93. The Morgan fingerprint density at radius 3 is 2.28 bits per heavy atom. The van der Waals surface area contributed by atoms with E-state index < -0.39 is 11.4 Å². The van der Waals surface area contributed by atoms with Crippen LogP contribution in [0.15, 0.2) is 0 Å². The van der Waals surface area contributed by atoms with Crippen molar-refractivity contribution in [1.29, 1.82) is 0 Å². The molecule has 0 aromatic rings. The highest BCUT2D eigenvalue weighted by Gasteiger charge is 2.42. The van der Waals surface area contributed by atoms with E-state index in [2.05, 4.69) is 0 Å². The van der Waals surface area contributed by atoms with Crippen LogP contribution in [-0.4, -0.2) is 35.0 Å². The quantitative estimate of drug-likeness (QED) is 0.836. The largest absolute Gasteiger partial charge is 0.481 e. The van der Waals surface area contributed by atoms with Crippen molar-refractivity contribution in [2.75, 3.05) is 13.1 Å². The zero-order valence-electron chi connectivity index (χ0n) is 11.2. The van der Waals surface area contributed by atoms with E-state index in [1.54, 1.807) is 0 Å². The van der Waals surface area contributed by atoms with E-state index in [0.717, 1.165) is 25.7 Å². The first-order valence-corrected chi connectivity index (χ1v) is 7.11. The van der Waals surface area contributed by atoms with E-state index in [0.29, 0.717) is 25.9 Å². The monoisotopic (exact) mass is 253 g/mol. The number of rotatable bonds is 4. The lowest BCUT2D eigenvalue weighted by atomic mass is 9.74. The second-order valence-corrected chi connectivity index (χ2v) is 5.79. The van der Waals surface area contributed by atoms with Crippen LogP contribution < -0.4 is 0 Å². The van der Waals surface area contributed by atoms with Crippen LogP contribution in [0.2, 0.25) is 0 Å². The minimum atomic E-state index is -0.680. The molecule has 1 amide bonds. The van der Waals surface area contributed by atoms with Crippen molar-refractivity contribution in [2.24, 2.45) is 11.3 Å². The van der Waals surface area contributed by atoms with Gasteiger partial charge >= 0.3 is 5.97 Å². The number of piperidine rings is 1. The molecule has 1 N–H and O–H groups in total. The van der Waals surface area contributed by atoms with Crippen LogP contribution in [0.4, 0.5) is 0 Å². The molecule has 18 heavy (non-hydrogen) atoms. The number of carboxylic acids is 1. The number of carbonyl (C=O) groups excluding carboxylic acids is 1. The number of aliphatic carboxylic acids is 1. The van der Waals surface area contributed by atoms with Gasteiger partial charge in [0.15, 0.2) is 0 Å². The Hall–Kier alpha value is -1.06. The molecular weight excluding hydrogens is 230 g/mol. The molecule has 0 aromatic carbocycles. The Bertz CT molecular complexity index is 328. The molecule has 0 spiro atoms. The van der Waals surface area contributed by atoms with Gasteiger partial charge in [-0.15, -0.1) is 0 Å². The predicted octanol–water partition coefficient (Wildman–Crippen LogP) is 2.28. The average Bonchev–Trinajstić information content (AvgIpc) is 2.27. The Labute approximate surface area is 108 Å². The number of hydrogen-bond acceptors (Lipinski definition) is 2. The molecular formula is C14H23NO3. The lowest BCUT2D eigenvalue weighted by Crippen LogP contribution is -2.49. The van der Waals surface area contributed by atoms with E-state index in [1.807, 2.05) is 11.8 Å². The average molecular weight is 253 g/mol. The van der Waals surface area contributed by atoms with Crippen molar-refractivity contribution < 1.29 is 14.7 Å². The van der Waals surface area contributed by atoms with E-state index in [1.165, 1.54) is 6.42 Å². The normalized spacial score (nSPS) is 23.5. The van der Waals surface area contributed by atoms with Crippen LogP contribution in [0.3, 0.4) is 0 Å². The summed E-state index contributed by atoms with van der Waals surface area (Å²) >= 11 is 0. The lowest BCUT2D eigenvalue weighted by molar-refractivity contribution is -0.156. The minimum Gasteiger partial charge on any atom is -0.481 e. The highest BCUT2D eigenvalue weighted by atomic mass is 16.4. The second-order valence-electron chi connectivity index (χ2n) is 5.79. The van der Waals surface area contributed by atoms with Gasteiger partial charge in [-0.25, -0.2) is 0 Å². The number of amides is 1. The summed E-state index contributed by atoms with van der Waals surface area (Å²) in [7, 11) is 0. The molecule has 2 fully saturated rings. The number of nitrogens with zero attached hydrogens (tertiary/aromatic N) is 1. The van der Waals surface area contributed by atoms with Gasteiger partial charge in [0.1, 0.15) is 0 Å². The van der Waals surface area contributed by atoms with Crippen molar-refractivity contribution in [1.82, 2.24) is 4.90 Å². The lowest BCUT2D eigenvalue weighted by Gasteiger charge is -2.41. The standard InChI is InChI=1S/C14H23NO3/c1-2-6-14(13(17)18)7-9-15(10-8-14)12(16)11-4-3-5-11/h11H,2-10H2,1H3,(H,17,18). The molecule has 1 saturated carbocycles. The first-order chi connectivity index (χ1) is 8.59. The number of hydrogen-bond donors (Lipinski definition) is 1. The molecule has 0 unspecified atom stereocenters. The fourth-order valence-corrected chi connectivity index (χ4v) is 3.12. The van der Waals surface area contributed by atoms with Gasteiger partial charge in [-0.05, 0) is 32.1 Å². The van der Waals surface area contributed by atoms with Gasteiger partial charge < -0.3 is 10.0 Å². The van der Waals surface area contributed by atoms with Gasteiger partial charge in [0.25, 0.3) is 0 Å². The molecule has 0 bridgehead atoms. The van der Waals surface area contributed by atoms with Crippen LogP contribution >= 0.6 is 0 Å². The third-order valence-electron chi connectivity index (χ3n) is 4.67. The zero-order valence-corrected chi connectivity index (χ0v) is 11.2. The Balaban J connectivity index is 1.93. The molecule has 102 valence electrons. The van der Waals surface area contributed by atoms with Crippen molar-refractivity contribution in [3.63, 3.8) is 0 Å². The van der Waals surface area contributed by atoms with Crippen LogP contribution in [0.25, 0.3) is 0 Å². The number of carbonyl (C=O) groups is 2. The van der Waals surface area contributed by atoms with Crippen LogP contribution in [0, 0.1) is 11.3 Å². The summed E-state index contributed by atoms with van der Waals surface area (Å²) in [5, 5.41) is 9.41. The molecule has 4 heteroatoms. The van der Waals surface area contributed by atoms with Gasteiger partial charge in [-0.1, -0.05) is 19.8 Å². The SMILES string of the molecule is CCCC1(C(=O)O)CCN(C(=O)C2CCC2)CC1. The van der Waals surface area contributed by atoms with Crippen molar-refractivity contribution >= 4 is 11.9 Å². The van der Waals surface area contributed by atoms with Crippen LogP contribution in [0.5, 0.6) is 0 Å². The number of carboxylic acid groups (broad SMARTS) is 1. The fourth-order valence-electron chi connectivity index (χ4n) is 3.12. The predicted molar refractivity (Wildman–Crippen MR) is 68.1 cm³/mol. The van der Waals surface area contributed by atoms with E-state index in [9.17, 15) is 14.7 Å². The molecule has 1 saturated heterocycles. The van der Waals surface area contributed by atoms with E-state index in [4.69, 9.17) is 0 Å². The summed E-state index contributed by atoms with van der Waals surface area (Å²) in [6.45, 7) is 3.28. The highest BCUT2D eigenvalue weighted by Crippen LogP contribution is 2.38. The third kappa shape index (κ3) is 2.38. The van der Waals surface area contributed by atoms with Crippen LogP contribution in [0.1, 0.15) is 51.9 Å². The maximum Gasteiger partial charge on any atom is 0.309 e. The van der Waals surface area contributed by atoms with Crippen molar-refractivity contribution in [3.05, 3.63) is 0 Å². The summed E-state index contributed by atoms with van der Waals surface area (Å²) < 4.78 is 0. The molecule has 4 nitrogen and oxygen atoms in total. The first kappa shape index (κ1) is 13.4. The maximum absolute atomic E-state index is 12.1. The minimum absolute atomic E-state index is 0.230. The van der Waals surface area contributed by atoms with Crippen molar-refractivity contribution in [2.45, 2.75) is 51.9 Å². The van der Waals surface area contributed by atoms with Gasteiger partial charge in [0, 0.05) is 19.0 Å². The zero-order chi connectivity index (χ0) is 13.2. The molecule has 0 aromatic heterocycles. The summed E-state index contributed by atoms with van der Waals surface area (Å²) in [6, 6.07) is 0. The molecule has 0 radical (unpaired) electrons. The van der Waals surface area contributed by atoms with Crippen LogP contribution in [-0.2, 0) is 9.59 Å². The van der Waals surface area contributed by atoms with Gasteiger partial charge in [0.05, 0.1) is 5.41 Å². The smallest absolute Gasteiger partial charge is 0.309 e. The Morgan fingerprint density at radius 2 is 1.89 bits per heavy atom. The molecule has 1 aliphatic heterocycles. The van der Waals surface area contributed by atoms with Gasteiger partial charge in [-0.2, -0.15) is 0 Å². The number of likely N-dealkylation sites (tertiary alicyclic amines) is 1. The van der Waals surface area contributed by atoms with E-state index >= 15 is 0 Å². The summed E-state index contributed by atoms with van der Waals surface area (Å²) in [6.07, 6.45) is 6.07. The van der Waals surface area contributed by atoms with E-state index in [-0.39, 0.29) is 11.8 Å². The van der Waals surface area contributed by atoms with Crippen molar-refractivity contribution in [3.8, 4) is 0 Å².